The molecular weight excluding hydrogens is 266 g/mol. The minimum atomic E-state index is -4.38. The smallest absolute Gasteiger partial charge is 0.368 e. The van der Waals surface area contributed by atoms with E-state index >= 15 is 0 Å². The van der Waals surface area contributed by atoms with Gasteiger partial charge >= 0.3 is 6.18 Å². The highest BCUT2D eigenvalue weighted by Crippen LogP contribution is 2.33. The maximum atomic E-state index is 12.4. The molecule has 94 valence electrons. The Balaban J connectivity index is 0. The van der Waals surface area contributed by atoms with Crippen LogP contribution < -0.4 is 11.1 Å². The molecule has 0 aliphatic carbocycles. The van der Waals surface area contributed by atoms with E-state index in [1.807, 2.05) is 0 Å². The molecule has 0 aromatic carbocycles. The Morgan fingerprint density at radius 2 is 1.94 bits per heavy atom. The van der Waals surface area contributed by atoms with Crippen molar-refractivity contribution < 1.29 is 13.2 Å². The molecule has 0 fully saturated rings. The van der Waals surface area contributed by atoms with E-state index in [9.17, 15) is 13.2 Å². The van der Waals surface area contributed by atoms with Crippen molar-refractivity contribution in [1.29, 1.82) is 0 Å². The monoisotopic (exact) mass is 277 g/mol. The standard InChI is InChI=1S/C8H10F3N3.2ClH/c9-8(10,11)6-2-1-4-13-7(6)14-5-3-12;;/h1-2,4H,3,5,12H2,(H,13,14);2*1H. The molecule has 8 heteroatoms. The molecule has 0 aliphatic heterocycles. The van der Waals surface area contributed by atoms with Crippen LogP contribution in [0.1, 0.15) is 5.56 Å². The number of nitrogens with zero attached hydrogens (tertiary/aromatic N) is 1. The number of halogens is 5. The summed E-state index contributed by atoms with van der Waals surface area (Å²) in [4.78, 5) is 3.60. The zero-order valence-corrected chi connectivity index (χ0v) is 9.75. The van der Waals surface area contributed by atoms with Gasteiger partial charge in [-0.05, 0) is 12.1 Å². The summed E-state index contributed by atoms with van der Waals surface area (Å²) >= 11 is 0. The second kappa shape index (κ2) is 7.54. The normalized spacial score (nSPS) is 10.0. The fraction of sp³-hybridized carbons (Fsp3) is 0.375. The van der Waals surface area contributed by atoms with Gasteiger partial charge in [-0.1, -0.05) is 0 Å². The average Bonchev–Trinajstić information content (AvgIpc) is 2.14. The van der Waals surface area contributed by atoms with Gasteiger partial charge in [-0.3, -0.25) is 0 Å². The SMILES string of the molecule is Cl.Cl.NCCNc1ncccc1C(F)(F)F. The number of hydrogen-bond donors (Lipinski definition) is 2. The second-order valence-corrected chi connectivity index (χ2v) is 2.61. The number of anilines is 1. The van der Waals surface area contributed by atoms with Gasteiger partial charge < -0.3 is 11.1 Å². The molecule has 0 bridgehead atoms. The summed E-state index contributed by atoms with van der Waals surface area (Å²) in [5.41, 5.74) is 4.39. The van der Waals surface area contributed by atoms with E-state index in [4.69, 9.17) is 5.73 Å². The first-order valence-electron chi connectivity index (χ1n) is 4.02. The minimum Gasteiger partial charge on any atom is -0.368 e. The van der Waals surface area contributed by atoms with E-state index in [0.717, 1.165) is 6.07 Å². The lowest BCUT2D eigenvalue weighted by Crippen LogP contribution is -2.17. The van der Waals surface area contributed by atoms with Crippen LogP contribution in [0.5, 0.6) is 0 Å². The van der Waals surface area contributed by atoms with Crippen LogP contribution in [-0.2, 0) is 6.18 Å². The lowest BCUT2D eigenvalue weighted by molar-refractivity contribution is -0.137. The number of hydrogen-bond acceptors (Lipinski definition) is 3. The van der Waals surface area contributed by atoms with Gasteiger partial charge in [0.05, 0.1) is 5.56 Å². The van der Waals surface area contributed by atoms with Crippen molar-refractivity contribution in [2.24, 2.45) is 5.73 Å². The molecule has 1 heterocycles. The quantitative estimate of drug-likeness (QED) is 0.892. The molecule has 0 unspecified atom stereocenters. The minimum absolute atomic E-state index is 0. The summed E-state index contributed by atoms with van der Waals surface area (Å²) in [5, 5.41) is 2.51. The Morgan fingerprint density at radius 1 is 1.31 bits per heavy atom. The van der Waals surface area contributed by atoms with Gasteiger partial charge in [0.2, 0.25) is 0 Å². The van der Waals surface area contributed by atoms with Crippen LogP contribution in [0.15, 0.2) is 18.3 Å². The molecule has 1 aromatic rings. The molecule has 16 heavy (non-hydrogen) atoms. The third-order valence-electron chi connectivity index (χ3n) is 1.55. The molecule has 0 saturated heterocycles. The van der Waals surface area contributed by atoms with Gasteiger partial charge in [0.25, 0.3) is 0 Å². The highest BCUT2D eigenvalue weighted by Gasteiger charge is 2.33. The summed E-state index contributed by atoms with van der Waals surface area (Å²) in [6.07, 6.45) is -3.08. The Kier molecular flexibility index (Phi) is 8.32. The predicted molar refractivity (Wildman–Crippen MR) is 61.3 cm³/mol. The number of pyridine rings is 1. The molecule has 0 aliphatic rings. The van der Waals surface area contributed by atoms with E-state index in [1.165, 1.54) is 12.3 Å². The van der Waals surface area contributed by atoms with Crippen LogP contribution in [0.3, 0.4) is 0 Å². The summed E-state index contributed by atoms with van der Waals surface area (Å²) in [6.45, 7) is 0.522. The van der Waals surface area contributed by atoms with Gasteiger partial charge in [-0.2, -0.15) is 13.2 Å². The summed E-state index contributed by atoms with van der Waals surface area (Å²) in [7, 11) is 0. The number of nitrogens with two attached hydrogens (primary N) is 1. The average molecular weight is 278 g/mol. The van der Waals surface area contributed by atoms with Crippen LogP contribution in [0.4, 0.5) is 19.0 Å². The van der Waals surface area contributed by atoms with Crippen molar-refractivity contribution in [1.82, 2.24) is 4.98 Å². The Morgan fingerprint density at radius 3 is 2.44 bits per heavy atom. The predicted octanol–water partition coefficient (Wildman–Crippen LogP) is 2.31. The lowest BCUT2D eigenvalue weighted by Gasteiger charge is -2.12. The molecule has 1 rings (SSSR count). The summed E-state index contributed by atoms with van der Waals surface area (Å²) in [5.74, 6) is -0.176. The van der Waals surface area contributed by atoms with E-state index in [0.29, 0.717) is 0 Å². The van der Waals surface area contributed by atoms with Gasteiger partial charge in [0, 0.05) is 19.3 Å². The van der Waals surface area contributed by atoms with Crippen LogP contribution in [0, 0.1) is 0 Å². The van der Waals surface area contributed by atoms with Crippen molar-refractivity contribution in [3.63, 3.8) is 0 Å². The fourth-order valence-corrected chi connectivity index (χ4v) is 0.965. The lowest BCUT2D eigenvalue weighted by atomic mass is 10.2. The van der Waals surface area contributed by atoms with Crippen LogP contribution in [0.25, 0.3) is 0 Å². The first-order valence-corrected chi connectivity index (χ1v) is 4.02. The van der Waals surface area contributed by atoms with E-state index < -0.39 is 11.7 Å². The molecule has 1 aromatic heterocycles. The van der Waals surface area contributed by atoms with Gasteiger partial charge in [-0.15, -0.1) is 24.8 Å². The van der Waals surface area contributed by atoms with Crippen molar-refractivity contribution in [2.75, 3.05) is 18.4 Å². The van der Waals surface area contributed by atoms with Crippen molar-refractivity contribution in [2.45, 2.75) is 6.18 Å². The maximum Gasteiger partial charge on any atom is 0.419 e. The highest BCUT2D eigenvalue weighted by atomic mass is 35.5. The Hall–Kier alpha value is -0.720. The number of nitrogens with one attached hydrogen (secondary N) is 1. The molecular formula is C8H12Cl2F3N3. The Labute approximate surface area is 103 Å². The molecule has 0 radical (unpaired) electrons. The molecule has 0 amide bonds. The molecule has 0 atom stereocenters. The zero-order chi connectivity index (χ0) is 10.6. The first-order chi connectivity index (χ1) is 6.55. The molecule has 0 saturated carbocycles. The second-order valence-electron chi connectivity index (χ2n) is 2.61. The van der Waals surface area contributed by atoms with Gasteiger partial charge in [0.1, 0.15) is 5.82 Å². The van der Waals surface area contributed by atoms with E-state index in [1.54, 1.807) is 0 Å². The molecule has 3 nitrogen and oxygen atoms in total. The largest absolute Gasteiger partial charge is 0.419 e. The highest BCUT2D eigenvalue weighted by molar-refractivity contribution is 5.85. The van der Waals surface area contributed by atoms with Crippen LogP contribution in [0.2, 0.25) is 0 Å². The van der Waals surface area contributed by atoms with Crippen LogP contribution in [-0.4, -0.2) is 18.1 Å². The van der Waals surface area contributed by atoms with Crippen molar-refractivity contribution in [3.8, 4) is 0 Å². The maximum absolute atomic E-state index is 12.4. The molecule has 0 spiro atoms. The summed E-state index contributed by atoms with van der Waals surface area (Å²) < 4.78 is 37.1. The van der Waals surface area contributed by atoms with Crippen molar-refractivity contribution in [3.05, 3.63) is 23.9 Å². The third kappa shape index (κ3) is 4.87. The fourth-order valence-electron chi connectivity index (χ4n) is 0.965. The third-order valence-corrected chi connectivity index (χ3v) is 1.55. The zero-order valence-electron chi connectivity index (χ0n) is 8.12. The van der Waals surface area contributed by atoms with Crippen LogP contribution >= 0.6 is 24.8 Å². The molecule has 3 N–H and O–H groups in total. The van der Waals surface area contributed by atoms with Crippen molar-refractivity contribution >= 4 is 30.6 Å². The number of aromatic nitrogens is 1. The topological polar surface area (TPSA) is 50.9 Å². The van der Waals surface area contributed by atoms with E-state index in [-0.39, 0.29) is 43.7 Å². The number of alkyl halides is 3. The van der Waals surface area contributed by atoms with Gasteiger partial charge in [0.15, 0.2) is 0 Å². The number of rotatable bonds is 3. The Bertz CT molecular complexity index is 307. The van der Waals surface area contributed by atoms with Gasteiger partial charge in [-0.25, -0.2) is 4.98 Å². The summed E-state index contributed by atoms with van der Waals surface area (Å²) in [6, 6.07) is 2.22. The first kappa shape index (κ1) is 17.7. The van der Waals surface area contributed by atoms with E-state index in [2.05, 4.69) is 10.3 Å².